The van der Waals surface area contributed by atoms with Gasteiger partial charge in [-0.05, 0) is 18.7 Å². The number of hydrogen-bond donors (Lipinski definition) is 2. The van der Waals surface area contributed by atoms with E-state index in [1.165, 1.54) is 0 Å². The molecule has 0 amide bonds. The van der Waals surface area contributed by atoms with Crippen LogP contribution in [-0.2, 0) is 0 Å². The van der Waals surface area contributed by atoms with Gasteiger partial charge in [-0.3, -0.25) is 0 Å². The number of benzene rings is 1. The lowest BCUT2D eigenvalue weighted by Gasteiger charge is -2.15. The van der Waals surface area contributed by atoms with Crippen LogP contribution in [0.15, 0.2) is 29.2 Å². The topological polar surface area (TPSA) is 41.5 Å². The minimum Gasteiger partial charge on any atom is -0.496 e. The van der Waals surface area contributed by atoms with E-state index < -0.39 is 0 Å². The summed E-state index contributed by atoms with van der Waals surface area (Å²) in [6, 6.07) is 8.07. The van der Waals surface area contributed by atoms with Crippen LogP contribution in [0.3, 0.4) is 0 Å². The standard InChI is InChI=1S/C12H19NO2S/c1-3-13-10(8-14)9-16-12-7-5-4-6-11(12)15-2/h4-7,10,13-14H,3,8-9H2,1-2H3. The third kappa shape index (κ3) is 4.04. The van der Waals surface area contributed by atoms with Crippen molar-refractivity contribution in [3.05, 3.63) is 24.3 Å². The molecule has 2 N–H and O–H groups in total. The van der Waals surface area contributed by atoms with Crippen LogP contribution >= 0.6 is 11.8 Å². The van der Waals surface area contributed by atoms with Gasteiger partial charge in [-0.25, -0.2) is 0 Å². The molecule has 0 aliphatic heterocycles. The number of likely N-dealkylation sites (N-methyl/N-ethyl adjacent to an activating group) is 1. The number of aliphatic hydroxyl groups excluding tert-OH is 1. The van der Waals surface area contributed by atoms with E-state index in [0.717, 1.165) is 22.9 Å². The lowest BCUT2D eigenvalue weighted by atomic mass is 10.3. The van der Waals surface area contributed by atoms with Crippen molar-refractivity contribution in [2.45, 2.75) is 17.9 Å². The maximum absolute atomic E-state index is 9.15. The molecular weight excluding hydrogens is 222 g/mol. The Kier molecular flexibility index (Phi) is 6.30. The molecule has 0 fully saturated rings. The molecule has 1 rings (SSSR count). The van der Waals surface area contributed by atoms with E-state index in [2.05, 4.69) is 5.32 Å². The van der Waals surface area contributed by atoms with Crippen molar-refractivity contribution in [3.8, 4) is 5.75 Å². The monoisotopic (exact) mass is 241 g/mol. The van der Waals surface area contributed by atoms with Gasteiger partial charge in [0.2, 0.25) is 0 Å². The van der Waals surface area contributed by atoms with Gasteiger partial charge in [0.25, 0.3) is 0 Å². The number of thioether (sulfide) groups is 1. The predicted octanol–water partition coefficient (Wildman–Crippen LogP) is 1.76. The van der Waals surface area contributed by atoms with Crippen molar-refractivity contribution in [2.75, 3.05) is 26.0 Å². The average molecular weight is 241 g/mol. The minimum atomic E-state index is 0.139. The summed E-state index contributed by atoms with van der Waals surface area (Å²) in [4.78, 5) is 1.11. The molecule has 0 saturated heterocycles. The Labute approximate surface area is 101 Å². The third-order valence-corrected chi connectivity index (χ3v) is 3.44. The summed E-state index contributed by atoms with van der Waals surface area (Å²) in [5.74, 6) is 1.73. The van der Waals surface area contributed by atoms with E-state index in [1.807, 2.05) is 31.2 Å². The molecule has 0 spiro atoms. The Bertz CT molecular complexity index is 307. The zero-order chi connectivity index (χ0) is 11.8. The highest BCUT2D eigenvalue weighted by atomic mass is 32.2. The summed E-state index contributed by atoms with van der Waals surface area (Å²) in [5.41, 5.74) is 0. The zero-order valence-corrected chi connectivity index (χ0v) is 10.6. The van der Waals surface area contributed by atoms with E-state index in [0.29, 0.717) is 0 Å². The zero-order valence-electron chi connectivity index (χ0n) is 9.77. The Balaban J connectivity index is 2.52. The molecule has 1 aromatic carbocycles. The van der Waals surface area contributed by atoms with Gasteiger partial charge < -0.3 is 15.2 Å². The molecule has 90 valence electrons. The largest absolute Gasteiger partial charge is 0.496 e. The molecular formula is C12H19NO2S. The summed E-state index contributed by atoms with van der Waals surface area (Å²) >= 11 is 1.70. The van der Waals surface area contributed by atoms with Crippen LogP contribution in [0.5, 0.6) is 5.75 Å². The molecule has 1 aromatic rings. The first kappa shape index (κ1) is 13.4. The maximum atomic E-state index is 9.15. The van der Waals surface area contributed by atoms with E-state index in [-0.39, 0.29) is 12.6 Å². The minimum absolute atomic E-state index is 0.139. The van der Waals surface area contributed by atoms with Gasteiger partial charge in [0.1, 0.15) is 5.75 Å². The Morgan fingerprint density at radius 2 is 2.19 bits per heavy atom. The second-order valence-corrected chi connectivity index (χ2v) is 4.46. The molecule has 1 atom stereocenters. The molecule has 0 aliphatic carbocycles. The molecule has 0 aliphatic rings. The number of para-hydroxylation sites is 1. The highest BCUT2D eigenvalue weighted by Crippen LogP contribution is 2.28. The summed E-state index contributed by atoms with van der Waals surface area (Å²) in [6.45, 7) is 3.07. The van der Waals surface area contributed by atoms with Crippen LogP contribution in [0.25, 0.3) is 0 Å². The van der Waals surface area contributed by atoms with Crippen LogP contribution in [0.1, 0.15) is 6.92 Å². The normalized spacial score (nSPS) is 12.4. The van der Waals surface area contributed by atoms with Crippen molar-refractivity contribution < 1.29 is 9.84 Å². The van der Waals surface area contributed by atoms with Crippen molar-refractivity contribution >= 4 is 11.8 Å². The summed E-state index contributed by atoms with van der Waals surface area (Å²) in [5, 5.41) is 12.4. The van der Waals surface area contributed by atoms with Gasteiger partial charge in [-0.15, -0.1) is 11.8 Å². The fraction of sp³-hybridized carbons (Fsp3) is 0.500. The molecule has 0 aromatic heterocycles. The third-order valence-electron chi connectivity index (χ3n) is 2.22. The quantitative estimate of drug-likeness (QED) is 0.714. The fourth-order valence-corrected chi connectivity index (χ4v) is 2.47. The van der Waals surface area contributed by atoms with Crippen LogP contribution in [0, 0.1) is 0 Å². The van der Waals surface area contributed by atoms with Gasteiger partial charge in [-0.1, -0.05) is 19.1 Å². The number of rotatable bonds is 7. The van der Waals surface area contributed by atoms with E-state index in [9.17, 15) is 0 Å². The second-order valence-electron chi connectivity index (χ2n) is 3.40. The van der Waals surface area contributed by atoms with Crippen LogP contribution in [-0.4, -0.2) is 37.2 Å². The van der Waals surface area contributed by atoms with Crippen molar-refractivity contribution in [3.63, 3.8) is 0 Å². The molecule has 0 radical (unpaired) electrons. The lowest BCUT2D eigenvalue weighted by Crippen LogP contribution is -2.34. The molecule has 1 unspecified atom stereocenters. The Hall–Kier alpha value is -0.710. The molecule has 16 heavy (non-hydrogen) atoms. The number of ether oxygens (including phenoxy) is 1. The Morgan fingerprint density at radius 3 is 2.81 bits per heavy atom. The maximum Gasteiger partial charge on any atom is 0.132 e. The number of aliphatic hydroxyl groups is 1. The van der Waals surface area contributed by atoms with Crippen LogP contribution in [0.2, 0.25) is 0 Å². The smallest absolute Gasteiger partial charge is 0.132 e. The van der Waals surface area contributed by atoms with Crippen molar-refractivity contribution in [2.24, 2.45) is 0 Å². The highest BCUT2D eigenvalue weighted by Gasteiger charge is 2.08. The molecule has 0 saturated carbocycles. The highest BCUT2D eigenvalue weighted by molar-refractivity contribution is 7.99. The number of nitrogens with one attached hydrogen (secondary N) is 1. The van der Waals surface area contributed by atoms with E-state index >= 15 is 0 Å². The van der Waals surface area contributed by atoms with Gasteiger partial charge >= 0.3 is 0 Å². The predicted molar refractivity (Wildman–Crippen MR) is 68.3 cm³/mol. The number of methoxy groups -OCH3 is 1. The van der Waals surface area contributed by atoms with Crippen LogP contribution < -0.4 is 10.1 Å². The van der Waals surface area contributed by atoms with E-state index in [4.69, 9.17) is 9.84 Å². The molecule has 4 heteroatoms. The molecule has 3 nitrogen and oxygen atoms in total. The number of hydrogen-bond acceptors (Lipinski definition) is 4. The van der Waals surface area contributed by atoms with Gasteiger partial charge in [-0.2, -0.15) is 0 Å². The van der Waals surface area contributed by atoms with E-state index in [1.54, 1.807) is 18.9 Å². The van der Waals surface area contributed by atoms with Gasteiger partial charge in [0, 0.05) is 16.7 Å². The summed E-state index contributed by atoms with van der Waals surface area (Å²) in [6.07, 6.45) is 0. The summed E-state index contributed by atoms with van der Waals surface area (Å²) < 4.78 is 5.27. The van der Waals surface area contributed by atoms with Crippen LogP contribution in [0.4, 0.5) is 0 Å². The van der Waals surface area contributed by atoms with Crippen molar-refractivity contribution in [1.29, 1.82) is 0 Å². The lowest BCUT2D eigenvalue weighted by molar-refractivity contribution is 0.255. The fourth-order valence-electron chi connectivity index (χ4n) is 1.39. The molecule has 0 bridgehead atoms. The first-order valence-electron chi connectivity index (χ1n) is 5.41. The first-order chi connectivity index (χ1) is 7.81. The Morgan fingerprint density at radius 1 is 1.44 bits per heavy atom. The van der Waals surface area contributed by atoms with Gasteiger partial charge in [0.15, 0.2) is 0 Å². The average Bonchev–Trinajstić information content (AvgIpc) is 2.34. The van der Waals surface area contributed by atoms with Gasteiger partial charge in [0.05, 0.1) is 13.7 Å². The summed E-state index contributed by atoms with van der Waals surface area (Å²) in [7, 11) is 1.67. The first-order valence-corrected chi connectivity index (χ1v) is 6.40. The van der Waals surface area contributed by atoms with Crippen molar-refractivity contribution in [1.82, 2.24) is 5.32 Å². The molecule has 0 heterocycles. The second kappa shape index (κ2) is 7.54. The SMILES string of the molecule is CCNC(CO)CSc1ccccc1OC.